The number of hydrogen-bond acceptors (Lipinski definition) is 5. The summed E-state index contributed by atoms with van der Waals surface area (Å²) >= 11 is 0. The molecule has 6 heteroatoms. The van der Waals surface area contributed by atoms with Crippen LogP contribution in [0.25, 0.3) is 0 Å². The zero-order chi connectivity index (χ0) is 14.4. The number of rotatable bonds is 6. The second-order valence-corrected chi connectivity index (χ2v) is 4.82. The van der Waals surface area contributed by atoms with Crippen LogP contribution < -0.4 is 10.1 Å². The zero-order valence-corrected chi connectivity index (χ0v) is 11.6. The van der Waals surface area contributed by atoms with Gasteiger partial charge in [0, 0.05) is 37.1 Å². The average Bonchev–Trinajstić information content (AvgIpc) is 2.46. The second kappa shape index (κ2) is 7.09. The minimum Gasteiger partial charge on any atom is -0.487 e. The second-order valence-electron chi connectivity index (χ2n) is 4.82. The summed E-state index contributed by atoms with van der Waals surface area (Å²) < 4.78 is 10.8. The molecular weight excluding hydrogens is 260 g/mol. The van der Waals surface area contributed by atoms with E-state index in [1.807, 2.05) is 6.92 Å². The van der Waals surface area contributed by atoms with Gasteiger partial charge in [0.05, 0.1) is 11.5 Å². The maximum Gasteiger partial charge on any atom is 0.311 e. The van der Waals surface area contributed by atoms with Crippen molar-refractivity contribution in [1.29, 1.82) is 0 Å². The quantitative estimate of drug-likeness (QED) is 0.640. The van der Waals surface area contributed by atoms with Crippen molar-refractivity contribution in [2.45, 2.75) is 32.2 Å². The highest BCUT2D eigenvalue weighted by Gasteiger charge is 2.18. The van der Waals surface area contributed by atoms with Gasteiger partial charge in [-0.1, -0.05) is 6.92 Å². The standard InChI is InChI=1S/C14H20N2O4/c1-2-7-20-14-10-12(3-4-13(14)16(17)18)15-11-5-8-19-9-6-11/h3-4,10-11,15H,2,5-9H2,1H3. The van der Waals surface area contributed by atoms with E-state index < -0.39 is 4.92 Å². The van der Waals surface area contributed by atoms with Crippen molar-refractivity contribution in [3.63, 3.8) is 0 Å². The maximum atomic E-state index is 11.0. The number of nitrogens with zero attached hydrogens (tertiary/aromatic N) is 1. The summed E-state index contributed by atoms with van der Waals surface area (Å²) in [5, 5.41) is 14.4. The Morgan fingerprint density at radius 1 is 1.45 bits per heavy atom. The van der Waals surface area contributed by atoms with Crippen LogP contribution in [-0.4, -0.2) is 30.8 Å². The van der Waals surface area contributed by atoms with Crippen molar-refractivity contribution >= 4 is 11.4 Å². The first-order valence-corrected chi connectivity index (χ1v) is 6.96. The molecule has 20 heavy (non-hydrogen) atoms. The molecular formula is C14H20N2O4. The van der Waals surface area contributed by atoms with Gasteiger partial charge in [0.2, 0.25) is 0 Å². The number of anilines is 1. The minimum absolute atomic E-state index is 0.0102. The van der Waals surface area contributed by atoms with Crippen molar-refractivity contribution < 1.29 is 14.4 Å². The molecule has 1 aromatic carbocycles. The smallest absolute Gasteiger partial charge is 0.311 e. The normalized spacial score (nSPS) is 15.8. The third-order valence-electron chi connectivity index (χ3n) is 3.21. The molecule has 1 aliphatic rings. The molecule has 1 saturated heterocycles. The molecule has 0 amide bonds. The van der Waals surface area contributed by atoms with E-state index in [9.17, 15) is 10.1 Å². The number of benzene rings is 1. The Morgan fingerprint density at radius 3 is 2.85 bits per heavy atom. The molecule has 1 aliphatic heterocycles. The van der Waals surface area contributed by atoms with Crippen molar-refractivity contribution in [3.8, 4) is 5.75 Å². The molecule has 0 unspecified atom stereocenters. The highest BCUT2D eigenvalue weighted by molar-refractivity contribution is 5.58. The fourth-order valence-corrected chi connectivity index (χ4v) is 2.16. The van der Waals surface area contributed by atoms with E-state index in [1.165, 1.54) is 6.07 Å². The molecule has 1 N–H and O–H groups in total. The Balaban J connectivity index is 2.10. The van der Waals surface area contributed by atoms with Crippen molar-refractivity contribution in [3.05, 3.63) is 28.3 Å². The predicted octanol–water partition coefficient (Wildman–Crippen LogP) is 2.97. The predicted molar refractivity (Wildman–Crippen MR) is 76.3 cm³/mol. The summed E-state index contributed by atoms with van der Waals surface area (Å²) in [5.41, 5.74) is 0.865. The SMILES string of the molecule is CCCOc1cc(NC2CCOCC2)ccc1[N+](=O)[O-]. The average molecular weight is 280 g/mol. The first-order valence-electron chi connectivity index (χ1n) is 6.96. The van der Waals surface area contributed by atoms with E-state index in [0.717, 1.165) is 38.2 Å². The Labute approximate surface area is 118 Å². The Morgan fingerprint density at radius 2 is 2.20 bits per heavy atom. The molecule has 1 fully saturated rings. The molecule has 0 radical (unpaired) electrons. The highest BCUT2D eigenvalue weighted by Crippen LogP contribution is 2.31. The van der Waals surface area contributed by atoms with Gasteiger partial charge in [-0.3, -0.25) is 10.1 Å². The number of nitrogens with one attached hydrogen (secondary N) is 1. The van der Waals surface area contributed by atoms with Gasteiger partial charge in [0.25, 0.3) is 0 Å². The van der Waals surface area contributed by atoms with Gasteiger partial charge in [0.15, 0.2) is 5.75 Å². The maximum absolute atomic E-state index is 11.0. The van der Waals surface area contributed by atoms with Gasteiger partial charge < -0.3 is 14.8 Å². The first kappa shape index (κ1) is 14.6. The Hall–Kier alpha value is -1.82. The molecule has 0 aliphatic carbocycles. The van der Waals surface area contributed by atoms with Crippen LogP contribution >= 0.6 is 0 Å². The van der Waals surface area contributed by atoms with Crippen LogP contribution in [0, 0.1) is 10.1 Å². The molecule has 1 aromatic rings. The molecule has 0 saturated carbocycles. The van der Waals surface area contributed by atoms with E-state index in [4.69, 9.17) is 9.47 Å². The lowest BCUT2D eigenvalue weighted by Gasteiger charge is -2.24. The van der Waals surface area contributed by atoms with E-state index in [-0.39, 0.29) is 5.69 Å². The fourth-order valence-electron chi connectivity index (χ4n) is 2.16. The lowest BCUT2D eigenvalue weighted by Crippen LogP contribution is -2.27. The molecule has 110 valence electrons. The Bertz CT molecular complexity index is 458. The van der Waals surface area contributed by atoms with E-state index in [2.05, 4.69) is 5.32 Å². The van der Waals surface area contributed by atoms with Crippen LogP contribution in [0.4, 0.5) is 11.4 Å². The lowest BCUT2D eigenvalue weighted by molar-refractivity contribution is -0.385. The summed E-state index contributed by atoms with van der Waals surface area (Å²) in [5.74, 6) is 0.328. The van der Waals surface area contributed by atoms with Crippen molar-refractivity contribution in [2.75, 3.05) is 25.1 Å². The van der Waals surface area contributed by atoms with Gasteiger partial charge >= 0.3 is 5.69 Å². The van der Waals surface area contributed by atoms with Gasteiger partial charge in [-0.2, -0.15) is 0 Å². The van der Waals surface area contributed by atoms with Crippen molar-refractivity contribution in [1.82, 2.24) is 0 Å². The van der Waals surface area contributed by atoms with Gasteiger partial charge in [-0.25, -0.2) is 0 Å². The summed E-state index contributed by atoms with van der Waals surface area (Å²) in [6, 6.07) is 5.28. The largest absolute Gasteiger partial charge is 0.487 e. The van der Waals surface area contributed by atoms with E-state index in [1.54, 1.807) is 12.1 Å². The number of nitro benzene ring substituents is 1. The molecule has 6 nitrogen and oxygen atoms in total. The van der Waals surface area contributed by atoms with Crippen LogP contribution in [0.2, 0.25) is 0 Å². The molecule has 0 atom stereocenters. The first-order chi connectivity index (χ1) is 9.70. The number of hydrogen-bond donors (Lipinski definition) is 1. The summed E-state index contributed by atoms with van der Waals surface area (Å²) in [4.78, 5) is 10.6. The van der Waals surface area contributed by atoms with Gasteiger partial charge in [-0.05, 0) is 25.3 Å². The van der Waals surface area contributed by atoms with Crippen LogP contribution in [0.15, 0.2) is 18.2 Å². The molecule has 0 aromatic heterocycles. The number of ether oxygens (including phenoxy) is 2. The monoisotopic (exact) mass is 280 g/mol. The Kier molecular flexibility index (Phi) is 5.17. The number of nitro groups is 1. The molecule has 0 spiro atoms. The zero-order valence-electron chi connectivity index (χ0n) is 11.6. The summed E-state index contributed by atoms with van der Waals surface area (Å²) in [6.45, 7) is 3.95. The third kappa shape index (κ3) is 3.84. The molecule has 2 rings (SSSR count). The summed E-state index contributed by atoms with van der Waals surface area (Å²) in [6.07, 6.45) is 2.71. The van der Waals surface area contributed by atoms with Crippen LogP contribution in [-0.2, 0) is 4.74 Å². The lowest BCUT2D eigenvalue weighted by atomic mass is 10.1. The summed E-state index contributed by atoms with van der Waals surface area (Å²) in [7, 11) is 0. The van der Waals surface area contributed by atoms with Gasteiger partial charge in [0.1, 0.15) is 0 Å². The van der Waals surface area contributed by atoms with Gasteiger partial charge in [-0.15, -0.1) is 0 Å². The molecule has 1 heterocycles. The van der Waals surface area contributed by atoms with E-state index >= 15 is 0 Å². The van der Waals surface area contributed by atoms with Crippen molar-refractivity contribution in [2.24, 2.45) is 0 Å². The minimum atomic E-state index is -0.413. The van der Waals surface area contributed by atoms with Crippen LogP contribution in [0.3, 0.4) is 0 Å². The molecule has 0 bridgehead atoms. The van der Waals surface area contributed by atoms with Crippen LogP contribution in [0.1, 0.15) is 26.2 Å². The topological polar surface area (TPSA) is 73.6 Å². The fraction of sp³-hybridized carbons (Fsp3) is 0.571. The highest BCUT2D eigenvalue weighted by atomic mass is 16.6. The van der Waals surface area contributed by atoms with Crippen LogP contribution in [0.5, 0.6) is 5.75 Å². The third-order valence-corrected chi connectivity index (χ3v) is 3.21. The van der Waals surface area contributed by atoms with E-state index in [0.29, 0.717) is 18.4 Å².